The van der Waals surface area contributed by atoms with Gasteiger partial charge >= 0.3 is 0 Å². The van der Waals surface area contributed by atoms with Crippen LogP contribution in [0, 0.1) is 20.8 Å². The third-order valence-corrected chi connectivity index (χ3v) is 6.20. The fourth-order valence-corrected chi connectivity index (χ4v) is 3.89. The number of hydrogen-bond acceptors (Lipinski definition) is 4. The van der Waals surface area contributed by atoms with E-state index < -0.39 is 0 Å². The molecule has 0 saturated heterocycles. The molecule has 170 valence electrons. The average molecular weight is 445 g/mol. The van der Waals surface area contributed by atoms with E-state index in [0.717, 1.165) is 28.3 Å². The van der Waals surface area contributed by atoms with Gasteiger partial charge in [-0.1, -0.05) is 6.07 Å². The van der Waals surface area contributed by atoms with Crippen LogP contribution in [0.5, 0.6) is 5.75 Å². The fraction of sp³-hybridized carbons (Fsp3) is 0.269. The number of rotatable bonds is 6. The van der Waals surface area contributed by atoms with Crippen LogP contribution in [0.25, 0.3) is 16.9 Å². The topological polar surface area (TPSA) is 77.6 Å². The minimum atomic E-state index is -0.195. The van der Waals surface area contributed by atoms with E-state index in [2.05, 4.69) is 10.4 Å². The molecule has 0 atom stereocenters. The second kappa shape index (κ2) is 8.94. The maximum Gasteiger partial charge on any atom is 0.277 e. The normalized spacial score (nSPS) is 11.1. The summed E-state index contributed by atoms with van der Waals surface area (Å²) in [5.41, 5.74) is 6.57. The number of fused-ring (bicyclic) bond motifs is 1. The lowest BCUT2D eigenvalue weighted by molar-refractivity contribution is -0.116. The lowest BCUT2D eigenvalue weighted by atomic mass is 10.1. The fourth-order valence-electron chi connectivity index (χ4n) is 3.89. The highest BCUT2D eigenvalue weighted by Crippen LogP contribution is 2.23. The van der Waals surface area contributed by atoms with Crippen molar-refractivity contribution >= 4 is 17.2 Å². The van der Waals surface area contributed by atoms with Crippen molar-refractivity contribution in [3.63, 3.8) is 0 Å². The minimum Gasteiger partial charge on any atom is -0.497 e. The third kappa shape index (κ3) is 4.39. The summed E-state index contributed by atoms with van der Waals surface area (Å²) in [5, 5.41) is 7.48. The first-order valence-corrected chi connectivity index (χ1v) is 10.9. The Balaban J connectivity index is 1.59. The zero-order valence-corrected chi connectivity index (χ0v) is 19.6. The first-order valence-electron chi connectivity index (χ1n) is 10.9. The zero-order valence-electron chi connectivity index (χ0n) is 19.6. The molecule has 0 saturated carbocycles. The molecule has 0 aliphatic carbocycles. The average Bonchev–Trinajstić information content (AvgIpc) is 3.26. The van der Waals surface area contributed by atoms with Gasteiger partial charge in [-0.2, -0.15) is 9.61 Å². The Morgan fingerprint density at radius 1 is 1.03 bits per heavy atom. The monoisotopic (exact) mass is 444 g/mol. The molecule has 33 heavy (non-hydrogen) atoms. The van der Waals surface area contributed by atoms with E-state index in [1.807, 2.05) is 80.9 Å². The molecule has 0 unspecified atom stereocenters. The predicted molar refractivity (Wildman–Crippen MR) is 130 cm³/mol. The van der Waals surface area contributed by atoms with Gasteiger partial charge in [-0.05, 0) is 74.7 Å². The minimum absolute atomic E-state index is 0.126. The SMILES string of the molecule is COc1ccc(-c2cc3n(C)c(C)c(CCC(=O)Nc4ccc(C)c(C)c4)c(=O)n3n2)cc1. The molecule has 0 aliphatic heterocycles. The summed E-state index contributed by atoms with van der Waals surface area (Å²) in [4.78, 5) is 25.8. The van der Waals surface area contributed by atoms with Crippen molar-refractivity contribution in [2.75, 3.05) is 12.4 Å². The molecular formula is C26H28N4O3. The molecule has 0 radical (unpaired) electrons. The molecule has 4 aromatic rings. The van der Waals surface area contributed by atoms with E-state index in [-0.39, 0.29) is 17.9 Å². The largest absolute Gasteiger partial charge is 0.497 e. The van der Waals surface area contributed by atoms with Gasteiger partial charge in [0.25, 0.3) is 5.56 Å². The first kappa shape index (κ1) is 22.3. The highest BCUT2D eigenvalue weighted by molar-refractivity contribution is 5.91. The molecular weight excluding hydrogens is 416 g/mol. The molecule has 7 heteroatoms. The summed E-state index contributed by atoms with van der Waals surface area (Å²) < 4.78 is 8.58. The molecule has 2 heterocycles. The summed E-state index contributed by atoms with van der Waals surface area (Å²) >= 11 is 0. The van der Waals surface area contributed by atoms with Crippen LogP contribution in [-0.2, 0) is 18.3 Å². The van der Waals surface area contributed by atoms with Crippen molar-refractivity contribution in [1.82, 2.24) is 14.2 Å². The van der Waals surface area contributed by atoms with Crippen LogP contribution in [0.3, 0.4) is 0 Å². The Kier molecular flexibility index (Phi) is 6.05. The van der Waals surface area contributed by atoms with Crippen LogP contribution in [0.4, 0.5) is 5.69 Å². The van der Waals surface area contributed by atoms with Gasteiger partial charge < -0.3 is 14.6 Å². The number of benzene rings is 2. The molecule has 1 N–H and O–H groups in total. The van der Waals surface area contributed by atoms with Gasteiger partial charge in [-0.25, -0.2) is 0 Å². The summed E-state index contributed by atoms with van der Waals surface area (Å²) in [6.07, 6.45) is 0.546. The highest BCUT2D eigenvalue weighted by Gasteiger charge is 2.17. The molecule has 2 aromatic heterocycles. The summed E-state index contributed by atoms with van der Waals surface area (Å²) in [6.45, 7) is 5.94. The van der Waals surface area contributed by atoms with Crippen molar-refractivity contribution in [2.24, 2.45) is 7.05 Å². The third-order valence-electron chi connectivity index (χ3n) is 6.20. The van der Waals surface area contributed by atoms with Crippen LogP contribution >= 0.6 is 0 Å². The second-order valence-corrected chi connectivity index (χ2v) is 8.30. The van der Waals surface area contributed by atoms with Crippen molar-refractivity contribution < 1.29 is 9.53 Å². The molecule has 0 fully saturated rings. The maximum absolute atomic E-state index is 13.2. The number of ether oxygens (including phenoxy) is 1. The van der Waals surface area contributed by atoms with E-state index >= 15 is 0 Å². The van der Waals surface area contributed by atoms with Crippen molar-refractivity contribution in [3.05, 3.63) is 81.3 Å². The van der Waals surface area contributed by atoms with Crippen LogP contribution in [0.2, 0.25) is 0 Å². The Morgan fingerprint density at radius 3 is 2.42 bits per heavy atom. The van der Waals surface area contributed by atoms with Gasteiger partial charge in [0.2, 0.25) is 5.91 Å². The van der Waals surface area contributed by atoms with E-state index in [1.54, 1.807) is 7.11 Å². The summed E-state index contributed by atoms with van der Waals surface area (Å²) in [6, 6.07) is 15.3. The lowest BCUT2D eigenvalue weighted by Crippen LogP contribution is -2.26. The van der Waals surface area contributed by atoms with Crippen molar-refractivity contribution in [2.45, 2.75) is 33.6 Å². The van der Waals surface area contributed by atoms with Gasteiger partial charge in [0.15, 0.2) is 0 Å². The van der Waals surface area contributed by atoms with Crippen LogP contribution in [-0.4, -0.2) is 27.2 Å². The summed E-state index contributed by atoms with van der Waals surface area (Å²) in [5.74, 6) is 0.633. The number of aryl methyl sites for hydroxylation is 3. The Labute approximate surface area is 192 Å². The van der Waals surface area contributed by atoms with Crippen LogP contribution in [0.1, 0.15) is 28.8 Å². The number of anilines is 1. The second-order valence-electron chi connectivity index (χ2n) is 8.30. The predicted octanol–water partition coefficient (Wildman–Crippen LogP) is 4.21. The van der Waals surface area contributed by atoms with Gasteiger partial charge in [-0.15, -0.1) is 0 Å². The summed E-state index contributed by atoms with van der Waals surface area (Å²) in [7, 11) is 3.53. The number of carbonyl (C=O) groups excluding carboxylic acids is 1. The number of carbonyl (C=O) groups is 1. The lowest BCUT2D eigenvalue weighted by Gasteiger charge is -2.12. The quantitative estimate of drug-likeness (QED) is 0.483. The van der Waals surface area contributed by atoms with Gasteiger partial charge in [0, 0.05) is 42.0 Å². The standard InChI is InChI=1S/C26H28N4O3/c1-16-6-9-20(14-17(16)2)27-24(31)13-12-22-18(3)29(4)25-15-23(28-30(25)26(22)32)19-7-10-21(33-5)11-8-19/h6-11,14-15H,12-13H2,1-5H3,(H,27,31). The molecule has 0 spiro atoms. The zero-order chi connectivity index (χ0) is 23.7. The van der Waals surface area contributed by atoms with Gasteiger partial charge in [0.05, 0.1) is 12.8 Å². The van der Waals surface area contributed by atoms with E-state index in [9.17, 15) is 9.59 Å². The number of methoxy groups -OCH3 is 1. The maximum atomic E-state index is 13.2. The van der Waals surface area contributed by atoms with E-state index in [0.29, 0.717) is 23.3 Å². The molecule has 1 amide bonds. The van der Waals surface area contributed by atoms with E-state index in [1.165, 1.54) is 10.1 Å². The Morgan fingerprint density at radius 2 is 1.76 bits per heavy atom. The number of hydrogen-bond donors (Lipinski definition) is 1. The Bertz CT molecular complexity index is 1400. The highest BCUT2D eigenvalue weighted by atomic mass is 16.5. The molecule has 4 rings (SSSR count). The molecule has 7 nitrogen and oxygen atoms in total. The van der Waals surface area contributed by atoms with E-state index in [4.69, 9.17) is 4.74 Å². The number of nitrogens with zero attached hydrogens (tertiary/aromatic N) is 3. The van der Waals surface area contributed by atoms with Crippen LogP contribution < -0.4 is 15.6 Å². The molecule has 0 bridgehead atoms. The number of aromatic nitrogens is 3. The Hall–Kier alpha value is -3.87. The number of nitrogens with one attached hydrogen (secondary N) is 1. The molecule has 2 aromatic carbocycles. The van der Waals surface area contributed by atoms with Gasteiger partial charge in [0.1, 0.15) is 11.4 Å². The first-order chi connectivity index (χ1) is 15.8. The van der Waals surface area contributed by atoms with Crippen LogP contribution in [0.15, 0.2) is 53.3 Å². The van der Waals surface area contributed by atoms with Crippen molar-refractivity contribution in [3.8, 4) is 17.0 Å². The smallest absolute Gasteiger partial charge is 0.277 e. The van der Waals surface area contributed by atoms with Gasteiger partial charge in [-0.3, -0.25) is 9.59 Å². The van der Waals surface area contributed by atoms with Crippen molar-refractivity contribution in [1.29, 1.82) is 0 Å². The molecule has 0 aliphatic rings. The number of amides is 1.